The molecule has 1 unspecified atom stereocenters. The summed E-state index contributed by atoms with van der Waals surface area (Å²) in [5, 5.41) is -1.28. The largest absolute Gasteiger partial charge is 0.303 e. The summed E-state index contributed by atoms with van der Waals surface area (Å²) in [6.07, 6.45) is 6.51. The van der Waals surface area contributed by atoms with Gasteiger partial charge in [0.2, 0.25) is 0 Å². The lowest BCUT2D eigenvalue weighted by Crippen LogP contribution is -2.41. The quantitative estimate of drug-likeness (QED) is 0.682. The number of likely N-dealkylation sites (tertiary alicyclic amines) is 1. The maximum absolute atomic E-state index is 13.0. The van der Waals surface area contributed by atoms with Crippen molar-refractivity contribution in [3.63, 3.8) is 0 Å². The van der Waals surface area contributed by atoms with Crippen LogP contribution in [0.15, 0.2) is 55.4 Å². The fourth-order valence-electron chi connectivity index (χ4n) is 3.45. The lowest BCUT2D eigenvalue weighted by molar-refractivity contribution is 0.232. The van der Waals surface area contributed by atoms with E-state index < -0.39 is 20.3 Å². The molecular weight excluding hydrogens is 365 g/mol. The Morgan fingerprint density at radius 3 is 2.41 bits per heavy atom. The molecule has 1 aliphatic heterocycles. The van der Waals surface area contributed by atoms with E-state index in [9.17, 15) is 12.8 Å². The van der Waals surface area contributed by atoms with Crippen molar-refractivity contribution in [1.29, 1.82) is 0 Å². The van der Waals surface area contributed by atoms with E-state index >= 15 is 0 Å². The van der Waals surface area contributed by atoms with Crippen LogP contribution in [-0.4, -0.2) is 48.2 Å². The van der Waals surface area contributed by atoms with Crippen molar-refractivity contribution >= 4 is 9.84 Å². The molecule has 0 spiro atoms. The first-order chi connectivity index (χ1) is 13.0. The molecule has 1 aliphatic rings. The van der Waals surface area contributed by atoms with E-state index in [0.29, 0.717) is 12.8 Å². The second-order valence-corrected chi connectivity index (χ2v) is 9.12. The zero-order valence-corrected chi connectivity index (χ0v) is 16.0. The third-order valence-corrected chi connectivity index (χ3v) is 7.55. The van der Waals surface area contributed by atoms with E-state index in [2.05, 4.69) is 21.4 Å². The number of nitrogens with zero attached hydrogens (tertiary/aromatic N) is 3. The van der Waals surface area contributed by atoms with E-state index in [-0.39, 0.29) is 11.6 Å². The second kappa shape index (κ2) is 8.71. The molecule has 5 nitrogen and oxygen atoms in total. The van der Waals surface area contributed by atoms with Crippen LogP contribution in [0.5, 0.6) is 0 Å². The fourth-order valence-corrected chi connectivity index (χ4v) is 5.42. The lowest BCUT2D eigenvalue weighted by atomic mass is 10.1. The zero-order valence-electron chi connectivity index (χ0n) is 15.2. The van der Waals surface area contributed by atoms with E-state index in [1.54, 1.807) is 30.6 Å². The van der Waals surface area contributed by atoms with Crippen molar-refractivity contribution in [3.05, 3.63) is 72.6 Å². The second-order valence-electron chi connectivity index (χ2n) is 6.77. The molecule has 7 heteroatoms. The summed E-state index contributed by atoms with van der Waals surface area (Å²) in [6, 6.07) is 8.18. The van der Waals surface area contributed by atoms with E-state index in [0.717, 1.165) is 31.6 Å². The van der Waals surface area contributed by atoms with Gasteiger partial charge in [-0.25, -0.2) is 22.8 Å². The Bertz CT molecular complexity index is 849. The summed E-state index contributed by atoms with van der Waals surface area (Å²) < 4.78 is 39.0. The van der Waals surface area contributed by atoms with Crippen LogP contribution in [0.4, 0.5) is 4.39 Å². The van der Waals surface area contributed by atoms with Gasteiger partial charge in [0.15, 0.2) is 9.84 Å². The standard InChI is InChI=1S/C20H24FN3O2S/c1-2-19(20-22-11-3-12-23-20)27(25,26)18-9-14-24(15-10-18)13-8-16-4-6-17(21)7-5-16/h2-7,11-12,18-19H,1,8-10,13-15H2. The number of benzene rings is 1. The number of aromatic nitrogens is 2. The highest BCUT2D eigenvalue weighted by Crippen LogP contribution is 2.29. The van der Waals surface area contributed by atoms with Crippen LogP contribution in [0.1, 0.15) is 29.5 Å². The monoisotopic (exact) mass is 389 g/mol. The predicted octanol–water partition coefficient (Wildman–Crippen LogP) is 2.96. The van der Waals surface area contributed by atoms with Gasteiger partial charge in [-0.3, -0.25) is 0 Å². The number of hydrogen-bond acceptors (Lipinski definition) is 5. The third kappa shape index (κ3) is 4.78. The summed E-state index contributed by atoms with van der Waals surface area (Å²) >= 11 is 0. The van der Waals surface area contributed by atoms with Gasteiger partial charge in [0, 0.05) is 18.9 Å². The van der Waals surface area contributed by atoms with Crippen LogP contribution in [0.25, 0.3) is 0 Å². The normalized spacial score (nSPS) is 17.5. The Balaban J connectivity index is 1.57. The molecule has 2 aromatic rings. The summed E-state index contributed by atoms with van der Waals surface area (Å²) in [6.45, 7) is 5.98. The summed E-state index contributed by atoms with van der Waals surface area (Å²) in [5.41, 5.74) is 1.08. The number of rotatable bonds is 7. The molecule has 0 bridgehead atoms. The minimum absolute atomic E-state index is 0.232. The van der Waals surface area contributed by atoms with Crippen LogP contribution in [0, 0.1) is 5.82 Å². The van der Waals surface area contributed by atoms with Gasteiger partial charge in [0.1, 0.15) is 16.9 Å². The molecule has 2 heterocycles. The Morgan fingerprint density at radius 2 is 1.81 bits per heavy atom. The van der Waals surface area contributed by atoms with E-state index in [4.69, 9.17) is 0 Å². The van der Waals surface area contributed by atoms with Crippen molar-refractivity contribution in [2.75, 3.05) is 19.6 Å². The molecule has 1 aromatic heterocycles. The maximum Gasteiger partial charge on any atom is 0.166 e. The summed E-state index contributed by atoms with van der Waals surface area (Å²) in [5.74, 6) is 0.0511. The summed E-state index contributed by atoms with van der Waals surface area (Å²) in [4.78, 5) is 10.5. The van der Waals surface area contributed by atoms with Gasteiger partial charge in [-0.1, -0.05) is 18.2 Å². The first kappa shape index (κ1) is 19.6. The van der Waals surface area contributed by atoms with Crippen molar-refractivity contribution in [2.24, 2.45) is 0 Å². The van der Waals surface area contributed by atoms with Crippen LogP contribution < -0.4 is 0 Å². The molecule has 0 aliphatic carbocycles. The zero-order chi connectivity index (χ0) is 19.3. The average molecular weight is 389 g/mol. The van der Waals surface area contributed by atoms with E-state index in [1.165, 1.54) is 18.2 Å². The minimum atomic E-state index is -3.43. The van der Waals surface area contributed by atoms with Gasteiger partial charge in [-0.05, 0) is 56.1 Å². The third-order valence-electron chi connectivity index (χ3n) is 5.04. The van der Waals surface area contributed by atoms with Crippen LogP contribution in [0.2, 0.25) is 0 Å². The van der Waals surface area contributed by atoms with Gasteiger partial charge < -0.3 is 4.90 Å². The Morgan fingerprint density at radius 1 is 1.19 bits per heavy atom. The SMILES string of the molecule is C=CC(c1ncccn1)S(=O)(=O)C1CCN(CCc2ccc(F)cc2)CC1. The molecule has 0 radical (unpaired) electrons. The first-order valence-corrected chi connectivity index (χ1v) is 10.7. The number of halogens is 1. The van der Waals surface area contributed by atoms with Crippen LogP contribution in [0.3, 0.4) is 0 Å². The van der Waals surface area contributed by atoms with Crippen LogP contribution >= 0.6 is 0 Å². The smallest absolute Gasteiger partial charge is 0.166 e. The number of sulfone groups is 1. The molecule has 1 aromatic carbocycles. The first-order valence-electron chi connectivity index (χ1n) is 9.09. The van der Waals surface area contributed by atoms with Crippen molar-refractivity contribution in [2.45, 2.75) is 29.8 Å². The molecular formula is C20H24FN3O2S. The van der Waals surface area contributed by atoms with Crippen molar-refractivity contribution in [1.82, 2.24) is 14.9 Å². The predicted molar refractivity (Wildman–Crippen MR) is 103 cm³/mol. The minimum Gasteiger partial charge on any atom is -0.303 e. The van der Waals surface area contributed by atoms with Gasteiger partial charge in [-0.2, -0.15) is 0 Å². The molecule has 0 amide bonds. The van der Waals surface area contributed by atoms with Crippen molar-refractivity contribution < 1.29 is 12.8 Å². The highest BCUT2D eigenvalue weighted by molar-refractivity contribution is 7.92. The molecule has 0 saturated carbocycles. The molecule has 27 heavy (non-hydrogen) atoms. The number of hydrogen-bond donors (Lipinski definition) is 0. The molecule has 144 valence electrons. The van der Waals surface area contributed by atoms with Gasteiger partial charge in [0.05, 0.1) is 5.25 Å². The Hall–Kier alpha value is -2.12. The molecule has 1 fully saturated rings. The van der Waals surface area contributed by atoms with Gasteiger partial charge >= 0.3 is 0 Å². The average Bonchev–Trinajstić information content (AvgIpc) is 2.69. The molecule has 3 rings (SSSR count). The molecule has 1 atom stereocenters. The van der Waals surface area contributed by atoms with Crippen molar-refractivity contribution in [3.8, 4) is 0 Å². The Kier molecular flexibility index (Phi) is 6.34. The van der Waals surface area contributed by atoms with Gasteiger partial charge in [-0.15, -0.1) is 6.58 Å². The Labute approximate surface area is 159 Å². The van der Waals surface area contributed by atoms with Gasteiger partial charge in [0.25, 0.3) is 0 Å². The number of piperidine rings is 1. The topological polar surface area (TPSA) is 63.2 Å². The fraction of sp³-hybridized carbons (Fsp3) is 0.400. The van der Waals surface area contributed by atoms with Crippen LogP contribution in [-0.2, 0) is 16.3 Å². The lowest BCUT2D eigenvalue weighted by Gasteiger charge is -2.32. The molecule has 1 saturated heterocycles. The maximum atomic E-state index is 13.0. The highest BCUT2D eigenvalue weighted by Gasteiger charge is 2.36. The summed E-state index contributed by atoms with van der Waals surface area (Å²) in [7, 11) is -3.43. The van der Waals surface area contributed by atoms with E-state index in [1.807, 2.05) is 0 Å². The molecule has 0 N–H and O–H groups in total. The highest BCUT2D eigenvalue weighted by atomic mass is 32.2.